The number of hydrogen-bond acceptors (Lipinski definition) is 3. The lowest BCUT2D eigenvalue weighted by molar-refractivity contribution is -0.139. The molecule has 0 amide bonds. The van der Waals surface area contributed by atoms with E-state index in [-0.39, 0.29) is 25.5 Å². The topological polar surface area (TPSA) is 55.5 Å². The molecule has 0 aromatic heterocycles. The van der Waals surface area contributed by atoms with E-state index in [2.05, 4.69) is 0 Å². The highest BCUT2D eigenvalue weighted by Crippen LogP contribution is 2.36. The van der Waals surface area contributed by atoms with E-state index < -0.39 is 11.7 Å². The van der Waals surface area contributed by atoms with Gasteiger partial charge in [0.2, 0.25) is 0 Å². The maximum atomic E-state index is 12.8. The minimum absolute atomic E-state index is 0.00159. The van der Waals surface area contributed by atoms with Gasteiger partial charge in [-0.1, -0.05) is 6.07 Å². The molecule has 0 bridgehead atoms. The summed E-state index contributed by atoms with van der Waals surface area (Å²) in [6.45, 7) is 0.196. The highest BCUT2D eigenvalue weighted by molar-refractivity contribution is 5.39. The van der Waals surface area contributed by atoms with Crippen molar-refractivity contribution in [2.45, 2.75) is 25.6 Å². The van der Waals surface area contributed by atoms with Gasteiger partial charge < -0.3 is 15.6 Å². The Morgan fingerprint density at radius 1 is 1.22 bits per heavy atom. The molecule has 6 heteroatoms. The lowest BCUT2D eigenvalue weighted by Crippen LogP contribution is -2.11. The Labute approximate surface area is 103 Å². The molecule has 1 aromatic rings. The average molecular weight is 263 g/mol. The molecule has 0 saturated heterocycles. The van der Waals surface area contributed by atoms with Crippen LogP contribution in [0.4, 0.5) is 13.2 Å². The van der Waals surface area contributed by atoms with Gasteiger partial charge in [0.15, 0.2) is 0 Å². The van der Waals surface area contributed by atoms with Crippen LogP contribution in [0.2, 0.25) is 0 Å². The molecule has 0 spiro atoms. The number of hydrogen-bond donors (Lipinski definition) is 2. The van der Waals surface area contributed by atoms with Crippen molar-refractivity contribution in [1.82, 2.24) is 0 Å². The molecule has 0 atom stereocenters. The molecule has 0 heterocycles. The fourth-order valence-electron chi connectivity index (χ4n) is 1.45. The van der Waals surface area contributed by atoms with Crippen molar-refractivity contribution in [3.63, 3.8) is 0 Å². The molecule has 0 aliphatic rings. The van der Waals surface area contributed by atoms with Crippen molar-refractivity contribution < 1.29 is 23.0 Å². The van der Waals surface area contributed by atoms with E-state index in [1.165, 1.54) is 12.1 Å². The zero-order valence-corrected chi connectivity index (χ0v) is 9.83. The second-order valence-corrected chi connectivity index (χ2v) is 3.81. The molecule has 102 valence electrons. The molecule has 3 N–H and O–H groups in total. The van der Waals surface area contributed by atoms with Gasteiger partial charge >= 0.3 is 6.18 Å². The number of nitrogens with two attached hydrogens (primary N) is 1. The first-order valence-corrected chi connectivity index (χ1v) is 5.63. The predicted octanol–water partition coefficient (Wildman–Crippen LogP) is 2.32. The Morgan fingerprint density at radius 3 is 2.50 bits per heavy atom. The van der Waals surface area contributed by atoms with Crippen molar-refractivity contribution in [2.24, 2.45) is 5.73 Å². The molecule has 18 heavy (non-hydrogen) atoms. The summed E-state index contributed by atoms with van der Waals surface area (Å²) in [5.74, 6) is -0.197. The quantitative estimate of drug-likeness (QED) is 0.774. The third-order valence-corrected chi connectivity index (χ3v) is 2.40. The maximum absolute atomic E-state index is 12.8. The number of benzene rings is 1. The van der Waals surface area contributed by atoms with E-state index in [0.717, 1.165) is 6.07 Å². The van der Waals surface area contributed by atoms with Gasteiger partial charge in [-0.3, -0.25) is 0 Å². The van der Waals surface area contributed by atoms with E-state index >= 15 is 0 Å². The Balaban J connectivity index is 2.82. The normalized spacial score (nSPS) is 11.6. The molecule has 1 rings (SSSR count). The van der Waals surface area contributed by atoms with Crippen LogP contribution < -0.4 is 10.5 Å². The number of aliphatic hydroxyl groups excluding tert-OH is 1. The fourth-order valence-corrected chi connectivity index (χ4v) is 1.45. The Hall–Kier alpha value is -1.27. The van der Waals surface area contributed by atoms with Gasteiger partial charge in [-0.25, -0.2) is 0 Å². The fraction of sp³-hybridized carbons (Fsp3) is 0.500. The van der Waals surface area contributed by atoms with Crippen LogP contribution in [0.5, 0.6) is 5.75 Å². The second kappa shape index (κ2) is 6.61. The van der Waals surface area contributed by atoms with Crippen LogP contribution in [0, 0.1) is 0 Å². The Morgan fingerprint density at radius 2 is 1.94 bits per heavy atom. The van der Waals surface area contributed by atoms with Crippen LogP contribution in [0.25, 0.3) is 0 Å². The zero-order chi connectivity index (χ0) is 13.6. The highest BCUT2D eigenvalue weighted by atomic mass is 19.4. The molecule has 0 radical (unpaired) electrons. The number of ether oxygens (including phenoxy) is 1. The molecular weight excluding hydrogens is 247 g/mol. The third kappa shape index (κ3) is 4.19. The highest BCUT2D eigenvalue weighted by Gasteiger charge is 2.34. The van der Waals surface area contributed by atoms with E-state index in [4.69, 9.17) is 15.6 Å². The minimum Gasteiger partial charge on any atom is -0.493 e. The van der Waals surface area contributed by atoms with Gasteiger partial charge in [0.1, 0.15) is 5.75 Å². The SMILES string of the molecule is NCc1ccc(OCCCCO)c(C(F)(F)F)c1. The monoisotopic (exact) mass is 263 g/mol. The van der Waals surface area contributed by atoms with Gasteiger partial charge in [-0.2, -0.15) is 13.2 Å². The molecule has 1 aromatic carbocycles. The smallest absolute Gasteiger partial charge is 0.419 e. The first kappa shape index (κ1) is 14.8. The molecule has 0 unspecified atom stereocenters. The van der Waals surface area contributed by atoms with Crippen molar-refractivity contribution >= 4 is 0 Å². The molecular formula is C12H16F3NO2. The molecule has 0 saturated carbocycles. The van der Waals surface area contributed by atoms with Gasteiger partial charge in [0, 0.05) is 13.2 Å². The number of halogens is 3. The summed E-state index contributed by atoms with van der Waals surface area (Å²) in [4.78, 5) is 0. The summed E-state index contributed by atoms with van der Waals surface area (Å²) in [6.07, 6.45) is -3.45. The lowest BCUT2D eigenvalue weighted by Gasteiger charge is -2.15. The van der Waals surface area contributed by atoms with Crippen molar-refractivity contribution in [1.29, 1.82) is 0 Å². The Kier molecular flexibility index (Phi) is 5.43. The van der Waals surface area contributed by atoms with E-state index in [1.54, 1.807) is 0 Å². The molecule has 0 fully saturated rings. The first-order valence-electron chi connectivity index (χ1n) is 5.63. The summed E-state index contributed by atoms with van der Waals surface area (Å²) < 4.78 is 43.4. The van der Waals surface area contributed by atoms with Crippen LogP contribution in [0.15, 0.2) is 18.2 Å². The van der Waals surface area contributed by atoms with Gasteiger partial charge in [-0.05, 0) is 30.5 Å². The summed E-state index contributed by atoms with van der Waals surface area (Å²) in [7, 11) is 0. The van der Waals surface area contributed by atoms with Crippen LogP contribution in [-0.2, 0) is 12.7 Å². The molecule has 3 nitrogen and oxygen atoms in total. The van der Waals surface area contributed by atoms with Crippen LogP contribution >= 0.6 is 0 Å². The molecule has 0 aliphatic carbocycles. The summed E-state index contributed by atoms with van der Waals surface area (Å²) in [6, 6.07) is 3.79. The van der Waals surface area contributed by atoms with E-state index in [0.29, 0.717) is 18.4 Å². The second-order valence-electron chi connectivity index (χ2n) is 3.81. The predicted molar refractivity (Wildman–Crippen MR) is 61.2 cm³/mol. The third-order valence-electron chi connectivity index (χ3n) is 2.40. The van der Waals surface area contributed by atoms with Gasteiger partial charge in [0.05, 0.1) is 12.2 Å². The maximum Gasteiger partial charge on any atom is 0.419 e. The minimum atomic E-state index is -4.46. The lowest BCUT2D eigenvalue weighted by atomic mass is 10.1. The summed E-state index contributed by atoms with van der Waals surface area (Å²) in [5, 5.41) is 8.57. The zero-order valence-electron chi connectivity index (χ0n) is 9.83. The van der Waals surface area contributed by atoms with Crippen molar-refractivity contribution in [3.8, 4) is 5.75 Å². The number of alkyl halides is 3. The van der Waals surface area contributed by atoms with Crippen LogP contribution in [0.1, 0.15) is 24.0 Å². The van der Waals surface area contributed by atoms with Gasteiger partial charge in [-0.15, -0.1) is 0 Å². The first-order chi connectivity index (χ1) is 8.49. The van der Waals surface area contributed by atoms with Crippen LogP contribution in [0.3, 0.4) is 0 Å². The number of unbranched alkanes of at least 4 members (excludes halogenated alkanes) is 1. The van der Waals surface area contributed by atoms with Crippen molar-refractivity contribution in [3.05, 3.63) is 29.3 Å². The number of rotatable bonds is 6. The van der Waals surface area contributed by atoms with E-state index in [9.17, 15) is 13.2 Å². The standard InChI is InChI=1S/C12H16F3NO2/c13-12(14,15)10-7-9(8-16)3-4-11(10)18-6-2-1-5-17/h3-4,7,17H,1-2,5-6,8,16H2. The largest absolute Gasteiger partial charge is 0.493 e. The molecule has 0 aliphatic heterocycles. The van der Waals surface area contributed by atoms with Crippen LogP contribution in [-0.4, -0.2) is 18.3 Å². The van der Waals surface area contributed by atoms with Crippen molar-refractivity contribution in [2.75, 3.05) is 13.2 Å². The van der Waals surface area contributed by atoms with E-state index in [1.807, 2.05) is 0 Å². The average Bonchev–Trinajstić information content (AvgIpc) is 2.33. The number of aliphatic hydroxyl groups is 1. The summed E-state index contributed by atoms with van der Waals surface area (Å²) in [5.41, 5.74) is 4.91. The Bertz CT molecular complexity index is 380. The summed E-state index contributed by atoms with van der Waals surface area (Å²) >= 11 is 0. The van der Waals surface area contributed by atoms with Gasteiger partial charge in [0.25, 0.3) is 0 Å².